The second-order valence-corrected chi connectivity index (χ2v) is 6.06. The topological polar surface area (TPSA) is 69.4 Å². The molecule has 0 heterocycles. The van der Waals surface area contributed by atoms with E-state index in [0.717, 1.165) is 25.7 Å². The van der Waals surface area contributed by atoms with E-state index in [4.69, 9.17) is 4.74 Å². The molecule has 1 aromatic carbocycles. The van der Waals surface area contributed by atoms with E-state index in [9.17, 15) is 14.9 Å². The van der Waals surface area contributed by atoms with E-state index in [1.807, 2.05) is 0 Å². The fourth-order valence-corrected chi connectivity index (χ4v) is 2.74. The molecular weight excluding hydrogens is 326 g/mol. The number of carbonyl (C=O) groups is 1. The largest absolute Gasteiger partial charge is 0.459 e. The fraction of sp³-hybridized carbons (Fsp3) is 0.500. The zero-order chi connectivity index (χ0) is 14.7. The molecular formula is C14H16BrNO4. The highest BCUT2D eigenvalue weighted by atomic mass is 79.9. The summed E-state index contributed by atoms with van der Waals surface area (Å²) in [6.45, 7) is 2.19. The highest BCUT2D eigenvalue weighted by Gasteiger charge is 2.23. The second-order valence-electron chi connectivity index (χ2n) is 5.21. The van der Waals surface area contributed by atoms with Crippen molar-refractivity contribution in [2.75, 3.05) is 0 Å². The molecule has 0 saturated heterocycles. The van der Waals surface area contributed by atoms with Gasteiger partial charge in [-0.3, -0.25) is 10.1 Å². The number of esters is 1. The van der Waals surface area contributed by atoms with Crippen molar-refractivity contribution in [1.29, 1.82) is 0 Å². The van der Waals surface area contributed by atoms with Crippen molar-refractivity contribution in [2.45, 2.75) is 38.7 Å². The van der Waals surface area contributed by atoms with Crippen LogP contribution in [0, 0.1) is 16.0 Å². The Morgan fingerprint density at radius 2 is 2.00 bits per heavy atom. The number of nitro groups is 1. The maximum absolute atomic E-state index is 12.0. The Bertz CT molecular complexity index is 524. The number of ether oxygens (including phenoxy) is 1. The Hall–Kier alpha value is -1.43. The van der Waals surface area contributed by atoms with Gasteiger partial charge in [-0.2, -0.15) is 0 Å². The first-order valence-corrected chi connectivity index (χ1v) is 7.41. The van der Waals surface area contributed by atoms with Crippen LogP contribution in [0.25, 0.3) is 0 Å². The number of rotatable bonds is 3. The van der Waals surface area contributed by atoms with Gasteiger partial charge in [0.05, 0.1) is 15.0 Å². The molecule has 0 unspecified atom stereocenters. The number of halogens is 1. The standard InChI is InChI=1S/C14H16BrNO4/c1-9-2-5-11(6-3-9)20-14(17)10-4-7-12(15)13(8-10)16(18)19/h4,7-9,11H,2-3,5-6H2,1H3. The van der Waals surface area contributed by atoms with Gasteiger partial charge >= 0.3 is 5.97 Å². The Morgan fingerprint density at radius 1 is 1.35 bits per heavy atom. The average Bonchev–Trinajstić information content (AvgIpc) is 2.41. The third kappa shape index (κ3) is 3.56. The van der Waals surface area contributed by atoms with Crippen molar-refractivity contribution in [3.8, 4) is 0 Å². The summed E-state index contributed by atoms with van der Waals surface area (Å²) in [6, 6.07) is 4.28. The lowest BCUT2D eigenvalue weighted by Gasteiger charge is -2.25. The summed E-state index contributed by atoms with van der Waals surface area (Å²) in [5.74, 6) is 0.193. The molecule has 6 heteroatoms. The lowest BCUT2D eigenvalue weighted by atomic mass is 9.89. The van der Waals surface area contributed by atoms with Gasteiger partial charge in [0, 0.05) is 6.07 Å². The predicted molar refractivity (Wildman–Crippen MR) is 77.6 cm³/mol. The van der Waals surface area contributed by atoms with Crippen molar-refractivity contribution in [3.05, 3.63) is 38.3 Å². The van der Waals surface area contributed by atoms with Crippen LogP contribution in [0.15, 0.2) is 22.7 Å². The van der Waals surface area contributed by atoms with Gasteiger partial charge in [0.2, 0.25) is 0 Å². The first-order chi connectivity index (χ1) is 9.47. The van der Waals surface area contributed by atoms with Crippen molar-refractivity contribution in [1.82, 2.24) is 0 Å². The number of hydrogen-bond donors (Lipinski definition) is 0. The Morgan fingerprint density at radius 3 is 2.60 bits per heavy atom. The van der Waals surface area contributed by atoms with Crippen molar-refractivity contribution in [2.24, 2.45) is 5.92 Å². The number of nitro benzene ring substituents is 1. The maximum Gasteiger partial charge on any atom is 0.338 e. The van der Waals surface area contributed by atoms with Gasteiger partial charge in [0.25, 0.3) is 5.69 Å². The molecule has 0 bridgehead atoms. The van der Waals surface area contributed by atoms with E-state index in [1.54, 1.807) is 0 Å². The van der Waals surface area contributed by atoms with E-state index in [0.29, 0.717) is 10.4 Å². The molecule has 108 valence electrons. The summed E-state index contributed by atoms with van der Waals surface area (Å²) in [7, 11) is 0. The number of nitrogens with zero attached hydrogens (tertiary/aromatic N) is 1. The van der Waals surface area contributed by atoms with Crippen LogP contribution in [-0.2, 0) is 4.74 Å². The van der Waals surface area contributed by atoms with Crippen LogP contribution in [-0.4, -0.2) is 17.0 Å². The molecule has 0 radical (unpaired) electrons. The molecule has 0 aromatic heterocycles. The van der Waals surface area contributed by atoms with E-state index in [-0.39, 0.29) is 17.4 Å². The van der Waals surface area contributed by atoms with Gasteiger partial charge in [-0.25, -0.2) is 4.79 Å². The minimum Gasteiger partial charge on any atom is -0.459 e. The summed E-state index contributed by atoms with van der Waals surface area (Å²) >= 11 is 3.09. The predicted octanol–water partition coefficient (Wildman–Crippen LogP) is 4.09. The van der Waals surface area contributed by atoms with Crippen LogP contribution >= 0.6 is 15.9 Å². The van der Waals surface area contributed by atoms with Crippen LogP contribution in [0.2, 0.25) is 0 Å². The van der Waals surface area contributed by atoms with Gasteiger partial charge in [0.15, 0.2) is 0 Å². The van der Waals surface area contributed by atoms with E-state index in [1.165, 1.54) is 18.2 Å². The number of benzene rings is 1. The minimum atomic E-state index is -0.525. The van der Waals surface area contributed by atoms with Gasteiger partial charge < -0.3 is 4.74 Å². The third-order valence-corrected chi connectivity index (χ3v) is 4.29. The molecule has 5 nitrogen and oxygen atoms in total. The van der Waals surface area contributed by atoms with E-state index >= 15 is 0 Å². The van der Waals surface area contributed by atoms with Crippen LogP contribution in [0.4, 0.5) is 5.69 Å². The molecule has 1 aliphatic carbocycles. The quantitative estimate of drug-likeness (QED) is 0.471. The zero-order valence-corrected chi connectivity index (χ0v) is 12.8. The van der Waals surface area contributed by atoms with E-state index < -0.39 is 10.9 Å². The molecule has 1 fully saturated rings. The van der Waals surface area contributed by atoms with E-state index in [2.05, 4.69) is 22.9 Å². The van der Waals surface area contributed by atoms with Gasteiger partial charge in [-0.1, -0.05) is 6.92 Å². The van der Waals surface area contributed by atoms with Crippen molar-refractivity contribution >= 4 is 27.6 Å². The molecule has 1 aromatic rings. The molecule has 2 rings (SSSR count). The molecule has 0 aliphatic heterocycles. The third-order valence-electron chi connectivity index (χ3n) is 3.62. The van der Waals surface area contributed by atoms with Gasteiger partial charge in [-0.15, -0.1) is 0 Å². The Labute approximate surface area is 125 Å². The van der Waals surface area contributed by atoms with Gasteiger partial charge in [-0.05, 0) is 59.7 Å². The lowest BCUT2D eigenvalue weighted by Crippen LogP contribution is -2.23. The maximum atomic E-state index is 12.0. The molecule has 0 N–H and O–H groups in total. The molecule has 20 heavy (non-hydrogen) atoms. The van der Waals surface area contributed by atoms with Crippen LogP contribution in [0.3, 0.4) is 0 Å². The van der Waals surface area contributed by atoms with Crippen LogP contribution in [0.1, 0.15) is 43.0 Å². The smallest absolute Gasteiger partial charge is 0.338 e. The summed E-state index contributed by atoms with van der Waals surface area (Å²) in [4.78, 5) is 22.3. The Balaban J connectivity index is 2.06. The fourth-order valence-electron chi connectivity index (χ4n) is 2.35. The molecule has 0 atom stereocenters. The normalized spacial score (nSPS) is 22.3. The van der Waals surface area contributed by atoms with Crippen LogP contribution < -0.4 is 0 Å². The second kappa shape index (κ2) is 6.35. The average molecular weight is 342 g/mol. The minimum absolute atomic E-state index is 0.0681. The lowest BCUT2D eigenvalue weighted by molar-refractivity contribution is -0.385. The molecule has 0 spiro atoms. The molecule has 0 amide bonds. The number of carbonyl (C=O) groups excluding carboxylic acids is 1. The monoisotopic (exact) mass is 341 g/mol. The Kier molecular flexibility index (Phi) is 4.75. The first kappa shape index (κ1) is 15.0. The SMILES string of the molecule is CC1CCC(OC(=O)c2ccc(Br)c([N+](=O)[O-])c2)CC1. The number of hydrogen-bond acceptors (Lipinski definition) is 4. The summed E-state index contributed by atoms with van der Waals surface area (Å²) in [5.41, 5.74) is 0.0928. The molecule has 1 saturated carbocycles. The summed E-state index contributed by atoms with van der Waals surface area (Å²) in [5, 5.41) is 10.8. The van der Waals surface area contributed by atoms with Crippen molar-refractivity contribution < 1.29 is 14.5 Å². The highest BCUT2D eigenvalue weighted by molar-refractivity contribution is 9.10. The van der Waals surface area contributed by atoms with Crippen molar-refractivity contribution in [3.63, 3.8) is 0 Å². The highest BCUT2D eigenvalue weighted by Crippen LogP contribution is 2.28. The summed E-state index contributed by atoms with van der Waals surface area (Å²) in [6.07, 6.45) is 3.77. The first-order valence-electron chi connectivity index (χ1n) is 6.62. The summed E-state index contributed by atoms with van der Waals surface area (Å²) < 4.78 is 5.78. The zero-order valence-electron chi connectivity index (χ0n) is 11.2. The van der Waals surface area contributed by atoms with Crippen LogP contribution in [0.5, 0.6) is 0 Å². The molecule has 1 aliphatic rings. The van der Waals surface area contributed by atoms with Gasteiger partial charge in [0.1, 0.15) is 6.10 Å².